The Morgan fingerprint density at radius 1 is 1.21 bits per heavy atom. The summed E-state index contributed by atoms with van der Waals surface area (Å²) in [6.45, 7) is 5.80. The molecule has 1 aliphatic heterocycles. The molecule has 1 atom stereocenters. The van der Waals surface area contributed by atoms with Gasteiger partial charge in [0.1, 0.15) is 6.10 Å². The molecule has 0 saturated heterocycles. The molecule has 5 nitrogen and oxygen atoms in total. The van der Waals surface area contributed by atoms with Gasteiger partial charge in [0.25, 0.3) is 5.91 Å². The van der Waals surface area contributed by atoms with E-state index in [1.807, 2.05) is 28.9 Å². The van der Waals surface area contributed by atoms with E-state index < -0.39 is 0 Å². The van der Waals surface area contributed by atoms with Gasteiger partial charge >= 0.3 is 0 Å². The van der Waals surface area contributed by atoms with Crippen molar-refractivity contribution in [3.63, 3.8) is 0 Å². The average Bonchev–Trinajstić information content (AvgIpc) is 3.16. The Bertz CT molecular complexity index is 994. The number of carbonyl (C=O) groups is 1. The van der Waals surface area contributed by atoms with Crippen LogP contribution in [0.15, 0.2) is 54.6 Å². The third-order valence-electron chi connectivity index (χ3n) is 5.21. The SMILES string of the molecule is CC(C)c1ccc(CNC(=O)c2cc3n(n2)C[C@H](c2ccc(Cl)cc2)OC3)cc1. The number of nitrogens with one attached hydrogen (secondary N) is 1. The summed E-state index contributed by atoms with van der Waals surface area (Å²) in [5, 5.41) is 8.14. The van der Waals surface area contributed by atoms with E-state index in [1.165, 1.54) is 5.56 Å². The summed E-state index contributed by atoms with van der Waals surface area (Å²) in [6, 6.07) is 17.7. The Morgan fingerprint density at radius 2 is 1.93 bits per heavy atom. The summed E-state index contributed by atoms with van der Waals surface area (Å²) < 4.78 is 7.80. The van der Waals surface area contributed by atoms with Gasteiger partial charge in [-0.15, -0.1) is 0 Å². The Labute approximate surface area is 175 Å². The minimum Gasteiger partial charge on any atom is -0.365 e. The fourth-order valence-corrected chi connectivity index (χ4v) is 3.53. The van der Waals surface area contributed by atoms with E-state index >= 15 is 0 Å². The topological polar surface area (TPSA) is 56.2 Å². The number of nitrogens with zero attached hydrogens (tertiary/aromatic N) is 2. The summed E-state index contributed by atoms with van der Waals surface area (Å²) in [7, 11) is 0. The van der Waals surface area contributed by atoms with Crippen LogP contribution >= 0.6 is 11.6 Å². The van der Waals surface area contributed by atoms with E-state index in [4.69, 9.17) is 16.3 Å². The second kappa shape index (κ2) is 8.39. The van der Waals surface area contributed by atoms with Gasteiger partial charge in [0.2, 0.25) is 0 Å². The molecule has 0 aliphatic carbocycles. The molecular formula is C23H24ClN3O2. The first-order chi connectivity index (χ1) is 14.0. The van der Waals surface area contributed by atoms with Gasteiger partial charge in [-0.2, -0.15) is 5.10 Å². The van der Waals surface area contributed by atoms with Crippen LogP contribution in [0.1, 0.15) is 58.7 Å². The maximum Gasteiger partial charge on any atom is 0.272 e. The van der Waals surface area contributed by atoms with Gasteiger partial charge < -0.3 is 10.1 Å². The van der Waals surface area contributed by atoms with Crippen molar-refractivity contribution in [1.82, 2.24) is 15.1 Å². The molecule has 0 unspecified atom stereocenters. The maximum absolute atomic E-state index is 12.6. The lowest BCUT2D eigenvalue weighted by Crippen LogP contribution is -2.24. The lowest BCUT2D eigenvalue weighted by molar-refractivity contribution is -0.00119. The van der Waals surface area contributed by atoms with Crippen LogP contribution in [0.4, 0.5) is 0 Å². The van der Waals surface area contributed by atoms with Gasteiger partial charge in [-0.3, -0.25) is 9.48 Å². The van der Waals surface area contributed by atoms with Crippen molar-refractivity contribution in [3.05, 3.63) is 87.7 Å². The summed E-state index contributed by atoms with van der Waals surface area (Å²) in [6.07, 6.45) is -0.102. The predicted molar refractivity (Wildman–Crippen MR) is 113 cm³/mol. The van der Waals surface area contributed by atoms with E-state index in [1.54, 1.807) is 6.07 Å². The molecule has 0 bridgehead atoms. The Balaban J connectivity index is 1.39. The van der Waals surface area contributed by atoms with Crippen LogP contribution in [0.25, 0.3) is 0 Å². The predicted octanol–water partition coefficient (Wildman–Crippen LogP) is 4.86. The third-order valence-corrected chi connectivity index (χ3v) is 5.46. The number of benzene rings is 2. The van der Waals surface area contributed by atoms with E-state index in [-0.39, 0.29) is 12.0 Å². The molecule has 0 spiro atoms. The Kier molecular flexibility index (Phi) is 5.69. The summed E-state index contributed by atoms with van der Waals surface area (Å²) in [4.78, 5) is 12.6. The quantitative estimate of drug-likeness (QED) is 0.654. The smallest absolute Gasteiger partial charge is 0.272 e. The van der Waals surface area contributed by atoms with E-state index in [2.05, 4.69) is 48.5 Å². The molecule has 1 amide bonds. The number of rotatable bonds is 5. The third kappa shape index (κ3) is 4.52. The molecular weight excluding hydrogens is 386 g/mol. The first-order valence-corrected chi connectivity index (χ1v) is 10.2. The van der Waals surface area contributed by atoms with Crippen molar-refractivity contribution in [2.75, 3.05) is 0 Å². The summed E-state index contributed by atoms with van der Waals surface area (Å²) in [5.41, 5.74) is 4.72. The largest absolute Gasteiger partial charge is 0.365 e. The number of ether oxygens (including phenoxy) is 1. The minimum atomic E-state index is -0.178. The maximum atomic E-state index is 12.6. The van der Waals surface area contributed by atoms with E-state index in [9.17, 15) is 4.79 Å². The monoisotopic (exact) mass is 409 g/mol. The molecule has 6 heteroatoms. The van der Waals surface area contributed by atoms with Crippen molar-refractivity contribution >= 4 is 17.5 Å². The molecule has 2 heterocycles. The number of amides is 1. The van der Waals surface area contributed by atoms with Gasteiger partial charge in [0, 0.05) is 11.6 Å². The second-order valence-electron chi connectivity index (χ2n) is 7.63. The van der Waals surface area contributed by atoms with Crippen molar-refractivity contribution < 1.29 is 9.53 Å². The fraction of sp³-hybridized carbons (Fsp3) is 0.304. The highest BCUT2D eigenvalue weighted by Crippen LogP contribution is 2.27. The lowest BCUT2D eigenvalue weighted by Gasteiger charge is -2.24. The summed E-state index contributed by atoms with van der Waals surface area (Å²) >= 11 is 5.96. The molecule has 1 N–H and O–H groups in total. The molecule has 1 aromatic heterocycles. The molecule has 1 aliphatic rings. The average molecular weight is 410 g/mol. The number of aromatic nitrogens is 2. The number of halogens is 1. The molecule has 0 fully saturated rings. The summed E-state index contributed by atoms with van der Waals surface area (Å²) in [5.74, 6) is 0.317. The first-order valence-electron chi connectivity index (χ1n) is 9.80. The Morgan fingerprint density at radius 3 is 2.62 bits per heavy atom. The first kappa shape index (κ1) is 19.7. The highest BCUT2D eigenvalue weighted by Gasteiger charge is 2.24. The lowest BCUT2D eigenvalue weighted by atomic mass is 10.0. The van der Waals surface area contributed by atoms with Crippen LogP contribution in [-0.4, -0.2) is 15.7 Å². The number of fused-ring (bicyclic) bond motifs is 1. The second-order valence-corrected chi connectivity index (χ2v) is 8.07. The number of hydrogen-bond donors (Lipinski definition) is 1. The van der Waals surface area contributed by atoms with Crippen molar-refractivity contribution in [3.8, 4) is 0 Å². The van der Waals surface area contributed by atoms with E-state index in [0.29, 0.717) is 36.3 Å². The van der Waals surface area contributed by atoms with Crippen molar-refractivity contribution in [1.29, 1.82) is 0 Å². The normalized spacial score (nSPS) is 15.9. The molecule has 29 heavy (non-hydrogen) atoms. The zero-order valence-electron chi connectivity index (χ0n) is 16.6. The van der Waals surface area contributed by atoms with Crippen LogP contribution in [0.3, 0.4) is 0 Å². The minimum absolute atomic E-state index is 0.102. The van der Waals surface area contributed by atoms with Crippen LogP contribution in [-0.2, 0) is 24.4 Å². The van der Waals surface area contributed by atoms with Crippen LogP contribution in [0.2, 0.25) is 5.02 Å². The zero-order valence-corrected chi connectivity index (χ0v) is 17.3. The zero-order chi connectivity index (χ0) is 20.4. The highest BCUT2D eigenvalue weighted by molar-refractivity contribution is 6.30. The molecule has 4 rings (SSSR count). The van der Waals surface area contributed by atoms with Gasteiger partial charge in [-0.1, -0.05) is 61.8 Å². The van der Waals surface area contributed by atoms with Gasteiger partial charge in [-0.05, 0) is 40.8 Å². The number of hydrogen-bond acceptors (Lipinski definition) is 3. The molecule has 0 saturated carbocycles. The Hall–Kier alpha value is -2.63. The van der Waals surface area contributed by atoms with Gasteiger partial charge in [-0.25, -0.2) is 0 Å². The van der Waals surface area contributed by atoms with Crippen LogP contribution in [0.5, 0.6) is 0 Å². The standard InChI is InChI=1S/C23H24ClN3O2/c1-15(2)17-5-3-16(4-6-17)12-25-23(28)21-11-20-14-29-22(13-27(20)26-21)18-7-9-19(24)10-8-18/h3-11,15,22H,12-14H2,1-2H3,(H,25,28)/t22-/m1/s1. The van der Waals surface area contributed by atoms with Crippen LogP contribution < -0.4 is 5.32 Å². The van der Waals surface area contributed by atoms with Crippen molar-refractivity contribution in [2.24, 2.45) is 0 Å². The molecule has 3 aromatic rings. The van der Waals surface area contributed by atoms with Crippen LogP contribution in [0, 0.1) is 0 Å². The molecule has 150 valence electrons. The highest BCUT2D eigenvalue weighted by atomic mass is 35.5. The molecule has 0 radical (unpaired) electrons. The van der Waals surface area contributed by atoms with E-state index in [0.717, 1.165) is 16.8 Å². The molecule has 2 aromatic carbocycles. The van der Waals surface area contributed by atoms with Crippen molar-refractivity contribution in [2.45, 2.75) is 45.6 Å². The fourth-order valence-electron chi connectivity index (χ4n) is 3.41. The number of carbonyl (C=O) groups excluding carboxylic acids is 1. The van der Waals surface area contributed by atoms with Gasteiger partial charge in [0.15, 0.2) is 5.69 Å². The van der Waals surface area contributed by atoms with Gasteiger partial charge in [0.05, 0.1) is 18.8 Å².